The zero-order valence-electron chi connectivity index (χ0n) is 34.3. The van der Waals surface area contributed by atoms with Gasteiger partial charge in [-0.15, -0.1) is 0 Å². The van der Waals surface area contributed by atoms with Crippen LogP contribution < -0.4 is 27.0 Å². The molecule has 6 atom stereocenters. The Kier molecular flexibility index (Phi) is 16.1. The second-order valence-electron chi connectivity index (χ2n) is 16.8. The second-order valence-corrected chi connectivity index (χ2v) is 16.8. The molecule has 5 amide bonds. The lowest BCUT2D eigenvalue weighted by Crippen LogP contribution is -2.53. The van der Waals surface area contributed by atoms with Crippen molar-refractivity contribution in [2.45, 2.75) is 136 Å². The van der Waals surface area contributed by atoms with E-state index in [9.17, 15) is 33.6 Å². The van der Waals surface area contributed by atoms with Crippen molar-refractivity contribution < 1.29 is 38.3 Å². The number of hydrogen-bond donors (Lipinski definition) is 5. The minimum Gasteiger partial charge on any atom is -0.373 e. The highest BCUT2D eigenvalue weighted by molar-refractivity contribution is 6.38. The standard InChI is InChI=1S/C44H61N5O8/c1-7-14-34(40(53)43(56)46-25-36(51)49-38(41(45)54)30-20-26(2)19-27(3)21-30)47-42(55)33-24-31(57-44(4,5)6)23-32(33)39(52)37(29-17-12-9-13-18-29)48-35(50)22-28-15-10-8-11-16-28/h8,10-11,15-16,19-21,29,31-34,37-38H,7,9,12-14,17-18,22-25H2,1-6H3,(H2,45,54)(H,46,56)(H,47,55)(H,48,50)(H,49,51)/t31-,32?,33+,34?,37-,38?/m0/s1. The van der Waals surface area contributed by atoms with Gasteiger partial charge in [0.25, 0.3) is 5.91 Å². The highest BCUT2D eigenvalue weighted by Gasteiger charge is 2.48. The Bertz CT molecular complexity index is 1750. The fraction of sp³-hybridized carbons (Fsp3) is 0.568. The molecule has 2 aliphatic rings. The van der Waals surface area contributed by atoms with Crippen molar-refractivity contribution in [2.75, 3.05) is 6.54 Å². The maximum atomic E-state index is 14.7. The van der Waals surface area contributed by atoms with Gasteiger partial charge < -0.3 is 31.7 Å². The van der Waals surface area contributed by atoms with E-state index in [0.29, 0.717) is 12.0 Å². The Morgan fingerprint density at radius 2 is 1.46 bits per heavy atom. The highest BCUT2D eigenvalue weighted by Crippen LogP contribution is 2.39. The van der Waals surface area contributed by atoms with Crippen LogP contribution in [0.15, 0.2) is 48.5 Å². The summed E-state index contributed by atoms with van der Waals surface area (Å²) in [6, 6.07) is 11.5. The van der Waals surface area contributed by atoms with Crippen molar-refractivity contribution in [2.24, 2.45) is 23.5 Å². The molecule has 4 rings (SSSR count). The lowest BCUT2D eigenvalue weighted by Gasteiger charge is -2.33. The van der Waals surface area contributed by atoms with Crippen LogP contribution in [-0.4, -0.2) is 71.4 Å². The number of ether oxygens (including phenoxy) is 1. The van der Waals surface area contributed by atoms with E-state index in [1.165, 1.54) is 0 Å². The van der Waals surface area contributed by atoms with Crippen LogP contribution in [-0.2, 0) is 44.7 Å². The lowest BCUT2D eigenvalue weighted by molar-refractivity contribution is -0.142. The molecule has 310 valence electrons. The first-order chi connectivity index (χ1) is 26.9. The van der Waals surface area contributed by atoms with Crippen molar-refractivity contribution in [1.82, 2.24) is 21.3 Å². The van der Waals surface area contributed by atoms with Gasteiger partial charge in [-0.1, -0.05) is 92.3 Å². The summed E-state index contributed by atoms with van der Waals surface area (Å²) in [5, 5.41) is 10.6. The van der Waals surface area contributed by atoms with Crippen LogP contribution >= 0.6 is 0 Å². The number of aryl methyl sites for hydroxylation is 2. The number of nitrogens with one attached hydrogen (secondary N) is 4. The van der Waals surface area contributed by atoms with E-state index in [0.717, 1.165) is 48.8 Å². The van der Waals surface area contributed by atoms with Crippen LogP contribution in [0.1, 0.15) is 114 Å². The van der Waals surface area contributed by atoms with Gasteiger partial charge in [-0.3, -0.25) is 33.6 Å². The topological polar surface area (TPSA) is 203 Å². The zero-order chi connectivity index (χ0) is 41.9. The summed E-state index contributed by atoms with van der Waals surface area (Å²) in [5.41, 5.74) is 8.07. The fourth-order valence-electron chi connectivity index (χ4n) is 8.27. The van der Waals surface area contributed by atoms with Gasteiger partial charge in [0, 0.05) is 5.92 Å². The fourth-order valence-corrected chi connectivity index (χ4v) is 8.27. The van der Waals surface area contributed by atoms with Crippen LogP contribution in [0.25, 0.3) is 0 Å². The van der Waals surface area contributed by atoms with Crippen LogP contribution in [0.5, 0.6) is 0 Å². The molecule has 2 aliphatic carbocycles. The van der Waals surface area contributed by atoms with E-state index in [1.54, 1.807) is 19.1 Å². The van der Waals surface area contributed by atoms with E-state index in [1.807, 2.05) is 71.0 Å². The molecule has 13 nitrogen and oxygen atoms in total. The van der Waals surface area contributed by atoms with Crippen molar-refractivity contribution in [3.8, 4) is 0 Å². The average Bonchev–Trinajstić information content (AvgIpc) is 3.57. The summed E-state index contributed by atoms with van der Waals surface area (Å²) in [7, 11) is 0. The van der Waals surface area contributed by atoms with Crippen LogP contribution in [0.3, 0.4) is 0 Å². The van der Waals surface area contributed by atoms with Gasteiger partial charge in [-0.25, -0.2) is 0 Å². The molecule has 0 aliphatic heterocycles. The molecule has 0 spiro atoms. The maximum Gasteiger partial charge on any atom is 0.290 e. The van der Waals surface area contributed by atoms with Crippen molar-refractivity contribution >= 4 is 41.1 Å². The van der Waals surface area contributed by atoms with Crippen LogP contribution in [0, 0.1) is 31.6 Å². The van der Waals surface area contributed by atoms with Gasteiger partial charge in [0.15, 0.2) is 5.78 Å². The smallest absolute Gasteiger partial charge is 0.290 e. The molecule has 57 heavy (non-hydrogen) atoms. The number of carbonyl (C=O) groups is 7. The number of ketones is 2. The first kappa shape index (κ1) is 44.8. The largest absolute Gasteiger partial charge is 0.373 e. The number of hydrogen-bond acceptors (Lipinski definition) is 8. The number of benzene rings is 2. The van der Waals surface area contributed by atoms with Gasteiger partial charge in [-0.05, 0) is 83.8 Å². The average molecular weight is 788 g/mol. The molecule has 0 heterocycles. The Hall–Kier alpha value is -4.91. The molecule has 13 heteroatoms. The number of rotatable bonds is 18. The van der Waals surface area contributed by atoms with Gasteiger partial charge in [0.05, 0.1) is 42.7 Å². The number of carbonyl (C=O) groups excluding carboxylic acids is 7. The normalized spacial score (nSPS) is 20.1. The van der Waals surface area contributed by atoms with Crippen LogP contribution in [0.2, 0.25) is 0 Å². The first-order valence-corrected chi connectivity index (χ1v) is 20.3. The molecule has 6 N–H and O–H groups in total. The molecule has 0 saturated heterocycles. The Balaban J connectivity index is 1.48. The van der Waals surface area contributed by atoms with Crippen molar-refractivity contribution in [3.63, 3.8) is 0 Å². The predicted molar refractivity (Wildman–Crippen MR) is 215 cm³/mol. The number of nitrogens with two attached hydrogens (primary N) is 1. The van der Waals surface area contributed by atoms with E-state index >= 15 is 0 Å². The van der Waals surface area contributed by atoms with Gasteiger partial charge in [0.1, 0.15) is 6.04 Å². The van der Waals surface area contributed by atoms with Gasteiger partial charge in [-0.2, -0.15) is 0 Å². The van der Waals surface area contributed by atoms with E-state index in [4.69, 9.17) is 10.5 Å². The number of Topliss-reactive ketones (excluding diaryl/α,β-unsaturated/α-hetero) is 2. The molecule has 0 bridgehead atoms. The second kappa shape index (κ2) is 20.5. The summed E-state index contributed by atoms with van der Waals surface area (Å²) in [6.45, 7) is 10.6. The van der Waals surface area contributed by atoms with Gasteiger partial charge in [0.2, 0.25) is 29.4 Å². The van der Waals surface area contributed by atoms with Crippen molar-refractivity contribution in [3.05, 3.63) is 70.8 Å². The van der Waals surface area contributed by atoms with Crippen molar-refractivity contribution in [1.29, 1.82) is 0 Å². The predicted octanol–water partition coefficient (Wildman–Crippen LogP) is 4.00. The lowest BCUT2D eigenvalue weighted by atomic mass is 9.77. The summed E-state index contributed by atoms with van der Waals surface area (Å²) in [5.74, 6) is -6.36. The monoisotopic (exact) mass is 787 g/mol. The number of primary amides is 1. The SMILES string of the molecule is CCCC(NC(=O)[C@@H]1C[C@@H](OC(C)(C)C)CC1C(=O)[C@@H](NC(=O)Cc1ccccc1)C1CCCCC1)C(=O)C(=O)NCC(=O)NC(C(N)=O)c1cc(C)cc(C)c1. The molecular formula is C44H61N5O8. The summed E-state index contributed by atoms with van der Waals surface area (Å²) < 4.78 is 6.30. The summed E-state index contributed by atoms with van der Waals surface area (Å²) >= 11 is 0. The molecule has 0 aromatic heterocycles. The zero-order valence-corrected chi connectivity index (χ0v) is 34.3. The molecule has 2 aromatic rings. The number of amides is 5. The third-order valence-electron chi connectivity index (χ3n) is 10.7. The molecule has 2 aromatic carbocycles. The Morgan fingerprint density at radius 3 is 2.05 bits per heavy atom. The molecule has 0 radical (unpaired) electrons. The third-order valence-corrected chi connectivity index (χ3v) is 10.7. The minimum absolute atomic E-state index is 0.0771. The highest BCUT2D eigenvalue weighted by atomic mass is 16.5. The summed E-state index contributed by atoms with van der Waals surface area (Å²) in [6.07, 6.45) is 5.24. The Morgan fingerprint density at radius 1 is 0.825 bits per heavy atom. The molecular weight excluding hydrogens is 727 g/mol. The van der Waals surface area contributed by atoms with E-state index < -0.39 is 77.6 Å². The molecule has 2 fully saturated rings. The third kappa shape index (κ3) is 13.3. The van der Waals surface area contributed by atoms with E-state index in [-0.39, 0.29) is 43.3 Å². The molecule has 3 unspecified atom stereocenters. The molecule has 2 saturated carbocycles. The minimum atomic E-state index is -1.22. The summed E-state index contributed by atoms with van der Waals surface area (Å²) in [4.78, 5) is 93.9. The Labute approximate surface area is 336 Å². The van der Waals surface area contributed by atoms with Crippen LogP contribution in [0.4, 0.5) is 0 Å². The first-order valence-electron chi connectivity index (χ1n) is 20.3. The maximum absolute atomic E-state index is 14.7. The van der Waals surface area contributed by atoms with Gasteiger partial charge >= 0.3 is 0 Å². The van der Waals surface area contributed by atoms with E-state index in [2.05, 4.69) is 21.3 Å². The quantitative estimate of drug-likeness (QED) is 0.140.